The van der Waals surface area contributed by atoms with E-state index in [4.69, 9.17) is 4.52 Å². The van der Waals surface area contributed by atoms with E-state index in [1.807, 2.05) is 20.8 Å². The molecule has 1 saturated heterocycles. The molecule has 0 bridgehead atoms. The van der Waals surface area contributed by atoms with Crippen LogP contribution in [0.4, 0.5) is 0 Å². The van der Waals surface area contributed by atoms with E-state index in [9.17, 15) is 19.5 Å². The fourth-order valence-electron chi connectivity index (χ4n) is 3.32. The number of carboxylic acid groups (broad SMARTS) is 1. The number of hydrogen-bond donors (Lipinski definition) is 3. The predicted octanol–water partition coefficient (Wildman–Crippen LogP) is 0.168. The number of nitrogens with one attached hydrogen (secondary N) is 2. The van der Waals surface area contributed by atoms with Crippen LogP contribution >= 0.6 is 23.5 Å². The molecule has 3 atom stereocenters. The van der Waals surface area contributed by atoms with Crippen LogP contribution < -0.4 is 5.32 Å². The molecule has 4 rings (SSSR count). The Morgan fingerprint density at radius 2 is 2.19 bits per heavy atom. The van der Waals surface area contributed by atoms with Gasteiger partial charge in [0.2, 0.25) is 17.0 Å². The molecule has 2 aliphatic heterocycles. The standard InChI is InChI=1S/C17H20N8O5S2/c1-6(2)13-19-10(30-22-13)4-9(26)18-11-14(27)25-12(16(28)29)8(5-31-15(11)25)7(3)32-17-20-23-24-21-17/h6-7,11,15H,4-5H2,1-3H3,(H,18,26)(H,28,29)(H,20,21,23,24)/t7?,11?,15-/m0/s1. The van der Waals surface area contributed by atoms with E-state index < -0.39 is 29.2 Å². The van der Waals surface area contributed by atoms with Gasteiger partial charge in [-0.3, -0.25) is 14.5 Å². The van der Waals surface area contributed by atoms with Gasteiger partial charge >= 0.3 is 5.97 Å². The Morgan fingerprint density at radius 3 is 2.81 bits per heavy atom. The van der Waals surface area contributed by atoms with Crippen LogP contribution in [0.1, 0.15) is 38.4 Å². The first-order chi connectivity index (χ1) is 15.3. The van der Waals surface area contributed by atoms with Gasteiger partial charge in [0.1, 0.15) is 23.5 Å². The number of carbonyl (C=O) groups excluding carboxylic acids is 2. The third-order valence-electron chi connectivity index (χ3n) is 4.93. The van der Waals surface area contributed by atoms with Crippen molar-refractivity contribution in [3.8, 4) is 0 Å². The molecule has 4 heterocycles. The number of carboxylic acids is 1. The van der Waals surface area contributed by atoms with Crippen molar-refractivity contribution in [1.29, 1.82) is 0 Å². The fraction of sp³-hybridized carbons (Fsp3) is 0.529. The minimum atomic E-state index is -1.20. The largest absolute Gasteiger partial charge is 0.477 e. The average molecular weight is 481 g/mol. The third kappa shape index (κ3) is 4.21. The van der Waals surface area contributed by atoms with Gasteiger partial charge in [0.25, 0.3) is 5.91 Å². The minimum absolute atomic E-state index is 0.0621. The van der Waals surface area contributed by atoms with Crippen LogP contribution in [0.3, 0.4) is 0 Å². The highest BCUT2D eigenvalue weighted by Crippen LogP contribution is 2.43. The summed E-state index contributed by atoms with van der Waals surface area (Å²) in [6.45, 7) is 5.62. The van der Waals surface area contributed by atoms with Gasteiger partial charge in [-0.2, -0.15) is 10.2 Å². The molecule has 2 aromatic rings. The van der Waals surface area contributed by atoms with E-state index >= 15 is 0 Å². The number of tetrazole rings is 1. The summed E-state index contributed by atoms with van der Waals surface area (Å²) in [6, 6.07) is -0.823. The number of aromatic nitrogens is 6. The fourth-order valence-corrected chi connectivity index (χ4v) is 5.73. The van der Waals surface area contributed by atoms with Crippen LogP contribution in [0.5, 0.6) is 0 Å². The van der Waals surface area contributed by atoms with Crippen molar-refractivity contribution >= 4 is 41.3 Å². The Bertz CT molecular complexity index is 1070. The van der Waals surface area contributed by atoms with Gasteiger partial charge in [0.05, 0.1) is 0 Å². The lowest BCUT2D eigenvalue weighted by Gasteiger charge is -2.50. The number of hydrogen-bond acceptors (Lipinski definition) is 11. The number of aromatic amines is 1. The molecule has 0 spiro atoms. The highest BCUT2D eigenvalue weighted by Gasteiger charge is 2.54. The Kier molecular flexibility index (Phi) is 6.19. The van der Waals surface area contributed by atoms with Crippen LogP contribution in [0.2, 0.25) is 0 Å². The van der Waals surface area contributed by atoms with E-state index in [-0.39, 0.29) is 29.2 Å². The number of nitrogens with zero attached hydrogens (tertiary/aromatic N) is 6. The summed E-state index contributed by atoms with van der Waals surface area (Å²) in [4.78, 5) is 42.6. The van der Waals surface area contributed by atoms with E-state index in [1.54, 1.807) is 0 Å². The molecule has 0 aromatic carbocycles. The number of thioether (sulfide) groups is 2. The Labute approximate surface area is 190 Å². The number of H-pyrrole nitrogens is 1. The highest BCUT2D eigenvalue weighted by atomic mass is 32.2. The topological polar surface area (TPSA) is 180 Å². The first kappa shape index (κ1) is 22.3. The molecule has 0 saturated carbocycles. The number of carbonyl (C=O) groups is 3. The van der Waals surface area contributed by atoms with E-state index in [0.29, 0.717) is 22.3 Å². The molecule has 2 aliphatic rings. The number of β-lactam (4-membered cyclic amide) rings is 1. The van der Waals surface area contributed by atoms with Gasteiger partial charge in [-0.25, -0.2) is 4.79 Å². The van der Waals surface area contributed by atoms with Gasteiger partial charge in [0.15, 0.2) is 5.82 Å². The summed E-state index contributed by atoms with van der Waals surface area (Å²) in [6.07, 6.45) is -0.161. The summed E-state index contributed by atoms with van der Waals surface area (Å²) in [5, 5.41) is 29.4. The molecule has 0 radical (unpaired) electrons. The molecule has 2 aromatic heterocycles. The quantitative estimate of drug-likeness (QED) is 0.345. The molecule has 13 nitrogen and oxygen atoms in total. The average Bonchev–Trinajstić information content (AvgIpc) is 3.42. The minimum Gasteiger partial charge on any atom is -0.477 e. The van der Waals surface area contributed by atoms with E-state index in [1.165, 1.54) is 28.4 Å². The van der Waals surface area contributed by atoms with Crippen LogP contribution in [0, 0.1) is 0 Å². The monoisotopic (exact) mass is 480 g/mol. The maximum Gasteiger partial charge on any atom is 0.352 e. The van der Waals surface area contributed by atoms with Gasteiger partial charge in [0, 0.05) is 16.9 Å². The van der Waals surface area contributed by atoms with Crippen LogP contribution in [-0.2, 0) is 20.8 Å². The maximum absolute atomic E-state index is 12.8. The molecular weight excluding hydrogens is 460 g/mol. The smallest absolute Gasteiger partial charge is 0.352 e. The van der Waals surface area contributed by atoms with E-state index in [0.717, 1.165) is 0 Å². The first-order valence-electron chi connectivity index (χ1n) is 9.69. The van der Waals surface area contributed by atoms with Crippen molar-refractivity contribution in [2.24, 2.45) is 0 Å². The zero-order chi connectivity index (χ0) is 23.0. The van der Waals surface area contributed by atoms with Crippen LogP contribution in [0.25, 0.3) is 0 Å². The maximum atomic E-state index is 12.8. The lowest BCUT2D eigenvalue weighted by Crippen LogP contribution is -2.70. The third-order valence-corrected chi connectivity index (χ3v) is 7.25. The Hall–Kier alpha value is -2.94. The summed E-state index contributed by atoms with van der Waals surface area (Å²) in [7, 11) is 0. The second-order valence-electron chi connectivity index (χ2n) is 7.47. The molecule has 1 fully saturated rings. The molecule has 0 aliphatic carbocycles. The molecule has 3 N–H and O–H groups in total. The highest BCUT2D eigenvalue weighted by molar-refractivity contribution is 8.01. The summed E-state index contributed by atoms with van der Waals surface area (Å²) >= 11 is 2.63. The number of rotatable bonds is 8. The lowest BCUT2D eigenvalue weighted by molar-refractivity contribution is -0.150. The van der Waals surface area contributed by atoms with Crippen molar-refractivity contribution in [2.45, 2.75) is 54.9 Å². The molecule has 15 heteroatoms. The molecule has 2 amide bonds. The number of amides is 2. The van der Waals surface area contributed by atoms with Gasteiger partial charge < -0.3 is 14.9 Å². The van der Waals surface area contributed by atoms with Crippen molar-refractivity contribution in [3.05, 3.63) is 23.0 Å². The first-order valence-corrected chi connectivity index (χ1v) is 11.6. The van der Waals surface area contributed by atoms with Crippen molar-refractivity contribution in [2.75, 3.05) is 5.75 Å². The van der Waals surface area contributed by atoms with Gasteiger partial charge in [-0.05, 0) is 17.7 Å². The Balaban J connectivity index is 1.44. The molecule has 32 heavy (non-hydrogen) atoms. The Morgan fingerprint density at radius 1 is 1.41 bits per heavy atom. The summed E-state index contributed by atoms with van der Waals surface area (Å²) < 4.78 is 5.07. The lowest BCUT2D eigenvalue weighted by atomic mass is 10.0. The zero-order valence-corrected chi connectivity index (χ0v) is 18.9. The van der Waals surface area contributed by atoms with Crippen LogP contribution in [-0.4, -0.2) is 81.0 Å². The summed E-state index contributed by atoms with van der Waals surface area (Å²) in [5.41, 5.74) is 0.518. The van der Waals surface area contributed by atoms with E-state index in [2.05, 4.69) is 36.1 Å². The summed E-state index contributed by atoms with van der Waals surface area (Å²) in [5.74, 6) is -1.02. The van der Waals surface area contributed by atoms with Gasteiger partial charge in [-0.15, -0.1) is 22.0 Å². The van der Waals surface area contributed by atoms with Crippen LogP contribution in [0.15, 0.2) is 20.9 Å². The van der Waals surface area contributed by atoms with Crippen molar-refractivity contribution in [1.82, 2.24) is 41.0 Å². The molecule has 2 unspecified atom stereocenters. The van der Waals surface area contributed by atoms with Gasteiger partial charge in [-0.1, -0.05) is 30.8 Å². The second-order valence-corrected chi connectivity index (χ2v) is 9.88. The zero-order valence-electron chi connectivity index (χ0n) is 17.3. The second kappa shape index (κ2) is 8.90. The van der Waals surface area contributed by atoms with Crippen molar-refractivity contribution in [3.63, 3.8) is 0 Å². The predicted molar refractivity (Wildman–Crippen MR) is 111 cm³/mol. The number of aliphatic carboxylic acids is 1. The molecular formula is C17H20N8O5S2. The SMILES string of the molecule is CC(Sc1nn[nH]n1)C1=C(C(=O)O)N2C(=O)C(NC(=O)Cc3nc(C(C)C)no3)[C@@H]2SC1. The molecule has 170 valence electrons. The number of fused-ring (bicyclic) bond motifs is 1. The van der Waals surface area contributed by atoms with Crippen molar-refractivity contribution < 1.29 is 24.0 Å². The normalized spacial score (nSPS) is 21.4.